The molecule has 0 radical (unpaired) electrons. The molecule has 15 heavy (non-hydrogen) atoms. The van der Waals surface area contributed by atoms with Crippen molar-refractivity contribution in [2.75, 3.05) is 7.05 Å². The van der Waals surface area contributed by atoms with E-state index in [-0.39, 0.29) is 0 Å². The third-order valence-corrected chi connectivity index (χ3v) is 2.52. The van der Waals surface area contributed by atoms with E-state index in [1.54, 1.807) is 0 Å². The molecule has 0 bridgehead atoms. The number of aryl methyl sites for hydroxylation is 1. The predicted molar refractivity (Wildman–Crippen MR) is 61.6 cm³/mol. The number of hydrogen-bond acceptors (Lipinski definition) is 3. The van der Waals surface area contributed by atoms with Gasteiger partial charge in [-0.1, -0.05) is 19.1 Å². The highest BCUT2D eigenvalue weighted by Crippen LogP contribution is 2.12. The zero-order chi connectivity index (χ0) is 11.3. The van der Waals surface area contributed by atoms with Gasteiger partial charge in [-0.2, -0.15) is 0 Å². The maximum atomic E-state index is 4.21. The minimum absolute atomic E-state index is 0.729. The Morgan fingerprint density at radius 2 is 2.13 bits per heavy atom. The highest BCUT2D eigenvalue weighted by Gasteiger charge is 2.11. The van der Waals surface area contributed by atoms with Crippen molar-refractivity contribution in [1.82, 2.24) is 20.3 Å². The molecule has 0 aromatic carbocycles. The van der Waals surface area contributed by atoms with E-state index in [0.29, 0.717) is 0 Å². The highest BCUT2D eigenvalue weighted by molar-refractivity contribution is 5.10. The molecule has 0 saturated carbocycles. The van der Waals surface area contributed by atoms with Crippen molar-refractivity contribution >= 4 is 0 Å². The zero-order valence-corrected chi connectivity index (χ0v) is 10.2. The maximum absolute atomic E-state index is 4.21. The minimum Gasteiger partial charge on any atom is -0.314 e. The number of rotatable bonds is 6. The second kappa shape index (κ2) is 5.85. The molecule has 0 atom stereocenters. The minimum atomic E-state index is 0.729. The third kappa shape index (κ3) is 3.30. The van der Waals surface area contributed by atoms with Crippen LogP contribution in [0, 0.1) is 5.92 Å². The molecule has 0 saturated heterocycles. The van der Waals surface area contributed by atoms with Gasteiger partial charge in [0, 0.05) is 13.1 Å². The first-order valence-electron chi connectivity index (χ1n) is 5.74. The van der Waals surface area contributed by atoms with Crippen LogP contribution in [0.5, 0.6) is 0 Å². The molecule has 4 heteroatoms. The summed E-state index contributed by atoms with van der Waals surface area (Å²) in [7, 11) is 1.94. The van der Waals surface area contributed by atoms with Crippen LogP contribution in [0.4, 0.5) is 0 Å². The van der Waals surface area contributed by atoms with Gasteiger partial charge in [-0.15, -0.1) is 5.10 Å². The van der Waals surface area contributed by atoms with Gasteiger partial charge in [0.25, 0.3) is 0 Å². The van der Waals surface area contributed by atoms with Crippen LogP contribution in [0.15, 0.2) is 0 Å². The Balaban J connectivity index is 2.75. The van der Waals surface area contributed by atoms with Crippen LogP contribution in [0.2, 0.25) is 0 Å². The summed E-state index contributed by atoms with van der Waals surface area (Å²) < 4.78 is 2.01. The Bertz CT molecular complexity index is 291. The molecular weight excluding hydrogens is 188 g/mol. The molecule has 0 aliphatic rings. The molecule has 0 aliphatic carbocycles. The van der Waals surface area contributed by atoms with E-state index in [9.17, 15) is 0 Å². The van der Waals surface area contributed by atoms with Gasteiger partial charge in [-0.3, -0.25) is 0 Å². The SMILES string of the molecule is CCn1nnc(CNC)c1CCC(C)C. The van der Waals surface area contributed by atoms with E-state index in [1.807, 2.05) is 11.7 Å². The molecule has 0 aliphatic heterocycles. The van der Waals surface area contributed by atoms with Crippen molar-refractivity contribution in [2.24, 2.45) is 5.92 Å². The monoisotopic (exact) mass is 210 g/mol. The molecule has 0 unspecified atom stereocenters. The van der Waals surface area contributed by atoms with Crippen molar-refractivity contribution < 1.29 is 0 Å². The van der Waals surface area contributed by atoms with E-state index >= 15 is 0 Å². The Morgan fingerprint density at radius 3 is 2.67 bits per heavy atom. The summed E-state index contributed by atoms with van der Waals surface area (Å²) in [5.74, 6) is 0.729. The van der Waals surface area contributed by atoms with Crippen molar-refractivity contribution in [3.63, 3.8) is 0 Å². The van der Waals surface area contributed by atoms with Crippen molar-refractivity contribution in [3.05, 3.63) is 11.4 Å². The van der Waals surface area contributed by atoms with Crippen LogP contribution >= 0.6 is 0 Å². The summed E-state index contributed by atoms with van der Waals surface area (Å²) in [4.78, 5) is 0. The van der Waals surface area contributed by atoms with Gasteiger partial charge in [0.15, 0.2) is 0 Å². The Morgan fingerprint density at radius 1 is 1.40 bits per heavy atom. The number of nitrogens with zero attached hydrogens (tertiary/aromatic N) is 3. The van der Waals surface area contributed by atoms with E-state index in [2.05, 4.69) is 36.4 Å². The second-order valence-electron chi connectivity index (χ2n) is 4.26. The summed E-state index contributed by atoms with van der Waals surface area (Å²) >= 11 is 0. The van der Waals surface area contributed by atoms with Gasteiger partial charge in [-0.25, -0.2) is 4.68 Å². The molecular formula is C11H22N4. The average Bonchev–Trinajstić information content (AvgIpc) is 2.58. The van der Waals surface area contributed by atoms with Crippen LogP contribution in [0.1, 0.15) is 38.6 Å². The van der Waals surface area contributed by atoms with Gasteiger partial charge >= 0.3 is 0 Å². The van der Waals surface area contributed by atoms with Gasteiger partial charge in [0.2, 0.25) is 0 Å². The zero-order valence-electron chi connectivity index (χ0n) is 10.2. The first-order valence-corrected chi connectivity index (χ1v) is 5.74. The van der Waals surface area contributed by atoms with Crippen molar-refractivity contribution in [1.29, 1.82) is 0 Å². The molecule has 1 N–H and O–H groups in total. The largest absolute Gasteiger partial charge is 0.314 e. The Hall–Kier alpha value is -0.900. The molecule has 1 heterocycles. The third-order valence-electron chi connectivity index (χ3n) is 2.52. The van der Waals surface area contributed by atoms with Gasteiger partial charge < -0.3 is 5.32 Å². The lowest BCUT2D eigenvalue weighted by Gasteiger charge is -2.07. The van der Waals surface area contributed by atoms with Crippen LogP contribution < -0.4 is 5.32 Å². The Labute approximate surface area is 92.1 Å². The van der Waals surface area contributed by atoms with Crippen LogP contribution in [0.25, 0.3) is 0 Å². The van der Waals surface area contributed by atoms with Gasteiger partial charge in [0.05, 0.1) is 11.4 Å². The lowest BCUT2D eigenvalue weighted by atomic mass is 10.1. The number of nitrogens with one attached hydrogen (secondary N) is 1. The average molecular weight is 210 g/mol. The van der Waals surface area contributed by atoms with Crippen LogP contribution in [-0.4, -0.2) is 22.0 Å². The van der Waals surface area contributed by atoms with Crippen LogP contribution in [0.3, 0.4) is 0 Å². The van der Waals surface area contributed by atoms with Gasteiger partial charge in [-0.05, 0) is 32.7 Å². The summed E-state index contributed by atoms with van der Waals surface area (Å²) in [5.41, 5.74) is 2.39. The molecule has 1 aromatic rings. The predicted octanol–water partition coefficient (Wildman–Crippen LogP) is 1.61. The molecule has 4 nitrogen and oxygen atoms in total. The van der Waals surface area contributed by atoms with E-state index in [4.69, 9.17) is 0 Å². The summed E-state index contributed by atoms with van der Waals surface area (Å²) in [5, 5.41) is 11.5. The van der Waals surface area contributed by atoms with Crippen LogP contribution in [-0.2, 0) is 19.5 Å². The molecule has 1 aromatic heterocycles. The number of aromatic nitrogens is 3. The molecule has 1 rings (SSSR count). The molecule has 0 amide bonds. The quantitative estimate of drug-likeness (QED) is 0.775. The standard InChI is InChI=1S/C11H22N4/c1-5-15-11(7-6-9(2)3)10(8-12-4)13-14-15/h9,12H,5-8H2,1-4H3. The Kier molecular flexibility index (Phi) is 4.75. The fraction of sp³-hybridized carbons (Fsp3) is 0.818. The lowest BCUT2D eigenvalue weighted by Crippen LogP contribution is -2.10. The topological polar surface area (TPSA) is 42.7 Å². The first-order chi connectivity index (χ1) is 7.19. The normalized spacial score (nSPS) is 11.3. The lowest BCUT2D eigenvalue weighted by molar-refractivity contribution is 0.541. The van der Waals surface area contributed by atoms with E-state index in [0.717, 1.165) is 31.1 Å². The molecule has 0 spiro atoms. The molecule has 0 fully saturated rings. The van der Waals surface area contributed by atoms with Gasteiger partial charge in [0.1, 0.15) is 0 Å². The molecule has 86 valence electrons. The van der Waals surface area contributed by atoms with Crippen molar-refractivity contribution in [2.45, 2.75) is 46.7 Å². The smallest absolute Gasteiger partial charge is 0.0996 e. The second-order valence-corrected chi connectivity index (χ2v) is 4.26. The maximum Gasteiger partial charge on any atom is 0.0996 e. The summed E-state index contributed by atoms with van der Waals surface area (Å²) in [6.45, 7) is 8.32. The van der Waals surface area contributed by atoms with E-state index in [1.165, 1.54) is 12.1 Å². The van der Waals surface area contributed by atoms with E-state index < -0.39 is 0 Å². The summed E-state index contributed by atoms with van der Waals surface area (Å²) in [6.07, 6.45) is 2.28. The fourth-order valence-corrected chi connectivity index (χ4v) is 1.63. The fourth-order valence-electron chi connectivity index (χ4n) is 1.63. The summed E-state index contributed by atoms with van der Waals surface area (Å²) in [6, 6.07) is 0. The number of hydrogen-bond donors (Lipinski definition) is 1. The first kappa shape index (κ1) is 12.2. The highest BCUT2D eigenvalue weighted by atomic mass is 15.4. The van der Waals surface area contributed by atoms with Crippen molar-refractivity contribution in [3.8, 4) is 0 Å².